The molecule has 1 atom stereocenters. The Balaban J connectivity index is 2.45. The minimum absolute atomic E-state index is 0.0405. The number of nitriles is 1. The first-order chi connectivity index (χ1) is 8.57. The van der Waals surface area contributed by atoms with E-state index in [1.165, 1.54) is 22.6 Å². The van der Waals surface area contributed by atoms with Crippen LogP contribution in [0.3, 0.4) is 0 Å². The lowest BCUT2D eigenvalue weighted by atomic mass is 10.3. The van der Waals surface area contributed by atoms with Crippen molar-refractivity contribution in [3.05, 3.63) is 24.0 Å². The molecule has 0 radical (unpaired) electrons. The molecule has 2 rings (SSSR count). The maximum absolute atomic E-state index is 12.5. The Kier molecular flexibility index (Phi) is 3.61. The van der Waals surface area contributed by atoms with E-state index in [1.54, 1.807) is 6.92 Å². The summed E-state index contributed by atoms with van der Waals surface area (Å²) in [7, 11) is -3.69. The second-order valence-corrected chi connectivity index (χ2v) is 5.86. The molecule has 0 spiro atoms. The molecule has 0 N–H and O–H groups in total. The highest BCUT2D eigenvalue weighted by molar-refractivity contribution is 7.89. The van der Waals surface area contributed by atoms with Crippen LogP contribution in [-0.4, -0.2) is 43.5 Å². The van der Waals surface area contributed by atoms with Crippen LogP contribution in [0.25, 0.3) is 0 Å². The number of sulfonamides is 1. The molecule has 1 aliphatic heterocycles. The molecule has 0 saturated carbocycles. The van der Waals surface area contributed by atoms with Crippen molar-refractivity contribution in [1.82, 2.24) is 9.29 Å². The molecule has 0 aliphatic carbocycles. The SMILES string of the molecule is CC1COCCN1S(=O)(=O)c1cccnc1C#N. The van der Waals surface area contributed by atoms with Crippen molar-refractivity contribution in [3.63, 3.8) is 0 Å². The maximum atomic E-state index is 12.5. The summed E-state index contributed by atoms with van der Waals surface area (Å²) in [6, 6.07) is 4.49. The minimum Gasteiger partial charge on any atom is -0.378 e. The fourth-order valence-electron chi connectivity index (χ4n) is 1.88. The van der Waals surface area contributed by atoms with Gasteiger partial charge in [0.1, 0.15) is 11.0 Å². The normalized spacial score (nSPS) is 21.4. The quantitative estimate of drug-likeness (QED) is 0.772. The van der Waals surface area contributed by atoms with E-state index in [1.807, 2.05) is 6.07 Å². The van der Waals surface area contributed by atoms with Crippen LogP contribution in [0.4, 0.5) is 0 Å². The van der Waals surface area contributed by atoms with E-state index in [4.69, 9.17) is 10.00 Å². The summed E-state index contributed by atoms with van der Waals surface area (Å²) in [4.78, 5) is 3.74. The molecule has 18 heavy (non-hydrogen) atoms. The predicted molar refractivity (Wildman–Crippen MR) is 63.1 cm³/mol. The zero-order valence-electron chi connectivity index (χ0n) is 9.91. The van der Waals surface area contributed by atoms with Gasteiger partial charge < -0.3 is 4.74 Å². The molecule has 0 aromatic carbocycles. The second-order valence-electron chi connectivity index (χ2n) is 4.00. The maximum Gasteiger partial charge on any atom is 0.246 e. The van der Waals surface area contributed by atoms with Crippen molar-refractivity contribution in [2.24, 2.45) is 0 Å². The van der Waals surface area contributed by atoms with Gasteiger partial charge in [0.15, 0.2) is 5.69 Å². The number of pyridine rings is 1. The van der Waals surface area contributed by atoms with Gasteiger partial charge in [0.25, 0.3) is 0 Å². The Labute approximate surface area is 106 Å². The summed E-state index contributed by atoms with van der Waals surface area (Å²) in [5.74, 6) is 0. The third kappa shape index (κ3) is 2.22. The summed E-state index contributed by atoms with van der Waals surface area (Å²) >= 11 is 0. The molecule has 2 heterocycles. The minimum atomic E-state index is -3.69. The van der Waals surface area contributed by atoms with Gasteiger partial charge in [0.2, 0.25) is 10.0 Å². The van der Waals surface area contributed by atoms with Crippen LogP contribution in [0.5, 0.6) is 0 Å². The summed E-state index contributed by atoms with van der Waals surface area (Å²) in [5, 5.41) is 8.93. The zero-order chi connectivity index (χ0) is 13.2. The van der Waals surface area contributed by atoms with Gasteiger partial charge in [0, 0.05) is 18.8 Å². The molecule has 0 amide bonds. The Morgan fingerprint density at radius 3 is 3.06 bits per heavy atom. The lowest BCUT2D eigenvalue weighted by Crippen LogP contribution is -2.47. The Morgan fingerprint density at radius 1 is 1.61 bits per heavy atom. The van der Waals surface area contributed by atoms with Gasteiger partial charge in [-0.1, -0.05) is 0 Å². The van der Waals surface area contributed by atoms with E-state index in [9.17, 15) is 8.42 Å². The van der Waals surface area contributed by atoms with Crippen molar-refractivity contribution in [2.45, 2.75) is 17.9 Å². The highest BCUT2D eigenvalue weighted by Crippen LogP contribution is 2.21. The van der Waals surface area contributed by atoms with Crippen molar-refractivity contribution >= 4 is 10.0 Å². The second kappa shape index (κ2) is 5.02. The van der Waals surface area contributed by atoms with E-state index >= 15 is 0 Å². The predicted octanol–water partition coefficient (Wildman–Crippen LogP) is 0.363. The molecule has 1 fully saturated rings. The number of hydrogen-bond acceptors (Lipinski definition) is 5. The van der Waals surface area contributed by atoms with E-state index in [2.05, 4.69) is 4.98 Å². The molecular formula is C11H13N3O3S. The van der Waals surface area contributed by atoms with Gasteiger partial charge in [-0.2, -0.15) is 9.57 Å². The number of aromatic nitrogens is 1. The van der Waals surface area contributed by atoms with Gasteiger partial charge in [-0.15, -0.1) is 0 Å². The van der Waals surface area contributed by atoms with Crippen molar-refractivity contribution in [3.8, 4) is 6.07 Å². The highest BCUT2D eigenvalue weighted by atomic mass is 32.2. The topological polar surface area (TPSA) is 83.3 Å². The van der Waals surface area contributed by atoms with Gasteiger partial charge >= 0.3 is 0 Å². The first-order valence-electron chi connectivity index (χ1n) is 5.52. The third-order valence-corrected chi connectivity index (χ3v) is 4.82. The average Bonchev–Trinajstić information content (AvgIpc) is 2.39. The van der Waals surface area contributed by atoms with Crippen molar-refractivity contribution in [2.75, 3.05) is 19.8 Å². The van der Waals surface area contributed by atoms with Gasteiger partial charge in [-0.3, -0.25) is 0 Å². The molecule has 7 heteroatoms. The Bertz CT molecular complexity index is 579. The van der Waals surface area contributed by atoms with Crippen LogP contribution < -0.4 is 0 Å². The molecule has 6 nitrogen and oxygen atoms in total. The molecule has 1 unspecified atom stereocenters. The first kappa shape index (κ1) is 13.0. The third-order valence-electron chi connectivity index (χ3n) is 2.77. The standard InChI is InChI=1S/C11H13N3O3S/c1-9-8-17-6-5-14(9)18(15,16)11-3-2-4-13-10(11)7-12/h2-4,9H,5-6,8H2,1H3. The summed E-state index contributed by atoms with van der Waals surface area (Å²) in [6.45, 7) is 2.80. The van der Waals surface area contributed by atoms with Crippen LogP contribution in [0, 0.1) is 11.3 Å². The monoisotopic (exact) mass is 267 g/mol. The number of morpholine rings is 1. The van der Waals surface area contributed by atoms with Crippen LogP contribution in [0.1, 0.15) is 12.6 Å². The zero-order valence-corrected chi connectivity index (χ0v) is 10.7. The summed E-state index contributed by atoms with van der Waals surface area (Å²) < 4.78 is 31.5. The molecule has 1 aromatic rings. The number of rotatable bonds is 2. The molecule has 1 aromatic heterocycles. The van der Waals surface area contributed by atoms with Crippen LogP contribution in [-0.2, 0) is 14.8 Å². The Morgan fingerprint density at radius 2 is 2.39 bits per heavy atom. The molecule has 1 aliphatic rings. The highest BCUT2D eigenvalue weighted by Gasteiger charge is 2.33. The summed E-state index contributed by atoms with van der Waals surface area (Å²) in [6.07, 6.45) is 1.40. The number of nitrogens with zero attached hydrogens (tertiary/aromatic N) is 3. The van der Waals surface area contributed by atoms with Crippen LogP contribution in [0.2, 0.25) is 0 Å². The van der Waals surface area contributed by atoms with Gasteiger partial charge in [-0.05, 0) is 19.1 Å². The molecular weight excluding hydrogens is 254 g/mol. The largest absolute Gasteiger partial charge is 0.378 e. The summed E-state index contributed by atoms with van der Waals surface area (Å²) in [5.41, 5.74) is -0.0730. The first-order valence-corrected chi connectivity index (χ1v) is 6.96. The number of ether oxygens (including phenoxy) is 1. The van der Waals surface area contributed by atoms with E-state index in [0.717, 1.165) is 0 Å². The fraction of sp³-hybridized carbons (Fsp3) is 0.455. The van der Waals surface area contributed by atoms with E-state index in [-0.39, 0.29) is 16.6 Å². The van der Waals surface area contributed by atoms with Crippen molar-refractivity contribution < 1.29 is 13.2 Å². The van der Waals surface area contributed by atoms with Gasteiger partial charge in [-0.25, -0.2) is 13.4 Å². The Hall–Kier alpha value is -1.49. The van der Waals surface area contributed by atoms with Crippen molar-refractivity contribution in [1.29, 1.82) is 5.26 Å². The van der Waals surface area contributed by atoms with Crippen LogP contribution >= 0.6 is 0 Å². The molecule has 0 bridgehead atoms. The number of hydrogen-bond donors (Lipinski definition) is 0. The smallest absolute Gasteiger partial charge is 0.246 e. The van der Waals surface area contributed by atoms with E-state index < -0.39 is 10.0 Å². The molecule has 1 saturated heterocycles. The fourth-order valence-corrected chi connectivity index (χ4v) is 3.57. The van der Waals surface area contributed by atoms with Gasteiger partial charge in [0.05, 0.1) is 13.2 Å². The lowest BCUT2D eigenvalue weighted by Gasteiger charge is -2.32. The average molecular weight is 267 g/mol. The van der Waals surface area contributed by atoms with Crippen LogP contribution in [0.15, 0.2) is 23.2 Å². The van der Waals surface area contributed by atoms with E-state index in [0.29, 0.717) is 19.8 Å². The molecule has 96 valence electrons. The lowest BCUT2D eigenvalue weighted by molar-refractivity contribution is 0.0392.